The molecule has 3 aromatic heterocycles. The number of benzene rings is 1. The van der Waals surface area contributed by atoms with Crippen molar-refractivity contribution in [2.75, 3.05) is 11.4 Å². The van der Waals surface area contributed by atoms with Crippen molar-refractivity contribution < 1.29 is 18.0 Å². The van der Waals surface area contributed by atoms with Gasteiger partial charge in [-0.3, -0.25) is 14.5 Å². The maximum atomic E-state index is 13.5. The Bertz CT molecular complexity index is 1350. The fraction of sp³-hybridized carbons (Fsp3) is 0.250. The lowest BCUT2D eigenvalue weighted by Crippen LogP contribution is -2.42. The number of rotatable bonds is 3. The van der Waals surface area contributed by atoms with Crippen molar-refractivity contribution >= 4 is 25.1 Å². The first-order valence-corrected chi connectivity index (χ1v) is 10.3. The smallest absolute Gasteiger partial charge is 0.337 e. The number of halogens is 3. The highest BCUT2D eigenvalue weighted by Gasteiger charge is 2.36. The molecular weight excluding hydrogens is 477 g/mol. The normalized spacial score (nSPS) is 15.3. The first kappa shape index (κ1) is 26.0. The number of amides is 1. The van der Waals surface area contributed by atoms with Gasteiger partial charge in [-0.25, -0.2) is 4.98 Å². The van der Waals surface area contributed by atoms with Crippen LogP contribution in [0, 0.1) is 6.92 Å². The molecule has 1 aliphatic rings. The maximum Gasteiger partial charge on any atom is 0.416 e. The van der Waals surface area contributed by atoms with E-state index in [0.717, 1.165) is 6.07 Å². The molecule has 5 rings (SSSR count). The number of aromatic amines is 1. The van der Waals surface area contributed by atoms with E-state index >= 15 is 0 Å². The molecule has 1 aromatic carbocycles. The minimum Gasteiger partial charge on any atom is -0.337 e. The molecule has 35 heavy (non-hydrogen) atoms. The monoisotopic (exact) mass is 502 g/mol. The molecule has 0 spiro atoms. The van der Waals surface area contributed by atoms with E-state index in [1.54, 1.807) is 29.3 Å². The minimum atomic E-state index is -4.44. The van der Waals surface area contributed by atoms with Gasteiger partial charge in [0.05, 0.1) is 35.3 Å². The Kier molecular flexibility index (Phi) is 7.11. The Labute approximate surface area is 207 Å². The summed E-state index contributed by atoms with van der Waals surface area (Å²) in [5.74, 6) is 0.214. The van der Waals surface area contributed by atoms with Crippen molar-refractivity contribution in [3.8, 4) is 22.8 Å². The number of carbonyl (C=O) groups is 1. The number of imidazole rings is 1. The number of carbonyl (C=O) groups excluding carboxylic acids is 1. The molecule has 0 aliphatic carbocycles. The lowest BCUT2D eigenvalue weighted by molar-refractivity contribution is -0.138. The number of alkyl halides is 3. The Hall–Kier alpha value is -3.60. The molecule has 7 nitrogen and oxygen atoms in total. The van der Waals surface area contributed by atoms with Gasteiger partial charge in [-0.15, -0.1) is 0 Å². The Balaban J connectivity index is 0.00000171. The van der Waals surface area contributed by atoms with E-state index in [2.05, 4.69) is 20.1 Å². The quantitative estimate of drug-likeness (QED) is 0.394. The number of nitrogens with zero attached hydrogens (tertiary/aromatic N) is 5. The van der Waals surface area contributed by atoms with Crippen molar-refractivity contribution in [2.45, 2.75) is 33.5 Å². The summed E-state index contributed by atoms with van der Waals surface area (Å²) in [5, 5.41) is 4.40. The minimum absolute atomic E-state index is 0. The van der Waals surface area contributed by atoms with Gasteiger partial charge >= 0.3 is 6.18 Å². The van der Waals surface area contributed by atoms with E-state index in [-0.39, 0.29) is 38.4 Å². The molecule has 0 saturated heterocycles. The van der Waals surface area contributed by atoms with Crippen LogP contribution < -0.4 is 4.90 Å². The molecular formula is C24H25F3N6OS. The van der Waals surface area contributed by atoms with E-state index in [4.69, 9.17) is 0 Å². The number of fused-ring (bicyclic) bond motifs is 1. The second-order valence-electron chi connectivity index (χ2n) is 7.97. The zero-order chi connectivity index (χ0) is 23.3. The van der Waals surface area contributed by atoms with Gasteiger partial charge < -0.3 is 9.88 Å². The SMILES string of the molecule is C.Cc1cc(N2C[C@H](C)n3ncc(-c4cnc(-c5ccccn5)[nH]4)c3C2=O)ccc1C(F)(F)F.S. The number of pyridine rings is 1. The Morgan fingerprint density at radius 3 is 2.54 bits per heavy atom. The van der Waals surface area contributed by atoms with Crippen molar-refractivity contribution in [3.05, 3.63) is 71.8 Å². The fourth-order valence-corrected chi connectivity index (χ4v) is 4.11. The predicted octanol–water partition coefficient (Wildman–Crippen LogP) is 5.63. The molecule has 0 saturated carbocycles. The van der Waals surface area contributed by atoms with Gasteiger partial charge in [0.2, 0.25) is 0 Å². The Morgan fingerprint density at radius 1 is 1.11 bits per heavy atom. The van der Waals surface area contributed by atoms with Crippen molar-refractivity contribution in [1.82, 2.24) is 24.7 Å². The molecule has 184 valence electrons. The van der Waals surface area contributed by atoms with Crippen LogP contribution in [0.25, 0.3) is 22.8 Å². The molecule has 0 unspecified atom stereocenters. The van der Waals surface area contributed by atoms with Crippen LogP contribution in [0.2, 0.25) is 0 Å². The van der Waals surface area contributed by atoms with Gasteiger partial charge in [0.15, 0.2) is 5.82 Å². The molecule has 0 radical (unpaired) electrons. The summed E-state index contributed by atoms with van der Waals surface area (Å²) < 4.78 is 41.2. The summed E-state index contributed by atoms with van der Waals surface area (Å²) in [7, 11) is 0. The Morgan fingerprint density at radius 2 is 1.89 bits per heavy atom. The topological polar surface area (TPSA) is 79.7 Å². The molecule has 4 heterocycles. The number of nitrogens with one attached hydrogen (secondary N) is 1. The lowest BCUT2D eigenvalue weighted by atomic mass is 10.0. The number of aromatic nitrogens is 5. The third-order valence-corrected chi connectivity index (χ3v) is 5.71. The molecule has 1 amide bonds. The van der Waals surface area contributed by atoms with Gasteiger partial charge in [-0.05, 0) is 49.7 Å². The van der Waals surface area contributed by atoms with Crippen LogP contribution in [-0.4, -0.2) is 37.2 Å². The van der Waals surface area contributed by atoms with Gasteiger partial charge in [0.25, 0.3) is 5.91 Å². The molecule has 1 N–H and O–H groups in total. The summed E-state index contributed by atoms with van der Waals surface area (Å²) in [4.78, 5) is 26.8. The highest BCUT2D eigenvalue weighted by atomic mass is 32.1. The average Bonchev–Trinajstić information content (AvgIpc) is 3.43. The third-order valence-electron chi connectivity index (χ3n) is 5.71. The van der Waals surface area contributed by atoms with Crippen molar-refractivity contribution in [2.24, 2.45) is 0 Å². The largest absolute Gasteiger partial charge is 0.416 e. The average molecular weight is 503 g/mol. The second kappa shape index (κ2) is 9.57. The van der Waals surface area contributed by atoms with E-state index in [9.17, 15) is 18.0 Å². The van der Waals surface area contributed by atoms with E-state index in [0.29, 0.717) is 40.7 Å². The highest BCUT2D eigenvalue weighted by Crippen LogP contribution is 2.36. The molecule has 1 atom stereocenters. The summed E-state index contributed by atoms with van der Waals surface area (Å²) in [6, 6.07) is 9.05. The molecule has 0 fully saturated rings. The number of hydrogen-bond acceptors (Lipinski definition) is 4. The predicted molar refractivity (Wildman–Crippen MR) is 133 cm³/mol. The van der Waals surface area contributed by atoms with Gasteiger partial charge in [-0.2, -0.15) is 31.8 Å². The summed E-state index contributed by atoms with van der Waals surface area (Å²) >= 11 is 0. The van der Waals surface area contributed by atoms with Crippen molar-refractivity contribution in [3.63, 3.8) is 0 Å². The van der Waals surface area contributed by atoms with Crippen LogP contribution in [0.1, 0.15) is 42.0 Å². The molecule has 1 aliphatic heterocycles. The van der Waals surface area contributed by atoms with Gasteiger partial charge in [0, 0.05) is 18.4 Å². The molecule has 0 bridgehead atoms. The van der Waals surface area contributed by atoms with E-state index in [1.165, 1.54) is 24.0 Å². The third kappa shape index (κ3) is 4.55. The summed E-state index contributed by atoms with van der Waals surface area (Å²) in [6.07, 6.45) is 0.427. The maximum absolute atomic E-state index is 13.5. The van der Waals surface area contributed by atoms with Crippen LogP contribution in [-0.2, 0) is 6.18 Å². The lowest BCUT2D eigenvalue weighted by Gasteiger charge is -2.32. The van der Waals surface area contributed by atoms with Gasteiger partial charge in [-0.1, -0.05) is 13.5 Å². The molecule has 11 heteroatoms. The number of aryl methyl sites for hydroxylation is 1. The number of hydrogen-bond donors (Lipinski definition) is 1. The van der Waals surface area contributed by atoms with E-state index in [1.807, 2.05) is 19.1 Å². The first-order chi connectivity index (χ1) is 15.7. The van der Waals surface area contributed by atoms with Crippen LogP contribution in [0.5, 0.6) is 0 Å². The summed E-state index contributed by atoms with van der Waals surface area (Å²) in [5.41, 5.74) is 1.93. The first-order valence-electron chi connectivity index (χ1n) is 10.3. The van der Waals surface area contributed by atoms with Crippen LogP contribution in [0.4, 0.5) is 18.9 Å². The second-order valence-corrected chi connectivity index (χ2v) is 7.97. The molecule has 4 aromatic rings. The van der Waals surface area contributed by atoms with Gasteiger partial charge in [0.1, 0.15) is 11.4 Å². The van der Waals surface area contributed by atoms with E-state index < -0.39 is 11.7 Å². The van der Waals surface area contributed by atoms with Crippen LogP contribution in [0.15, 0.2) is 55.0 Å². The zero-order valence-electron chi connectivity index (χ0n) is 18.3. The number of H-pyrrole nitrogens is 1. The van der Waals surface area contributed by atoms with Crippen LogP contribution >= 0.6 is 13.5 Å². The van der Waals surface area contributed by atoms with Crippen molar-refractivity contribution in [1.29, 1.82) is 0 Å². The van der Waals surface area contributed by atoms with Crippen LogP contribution in [0.3, 0.4) is 0 Å². The standard InChI is InChI=1S/C23H19F3N6O.CH4.H2S/c1-13-9-15(6-7-17(13)23(24,25)26)31-12-14(2)32-20(22(31)33)16(10-29-32)19-11-28-21(30-19)18-5-3-4-8-27-18;;/h3-11,14H,12H2,1-2H3,(H,28,30);1H4;1H2/t14-;;/m0../s1. The number of anilines is 1. The highest BCUT2D eigenvalue weighted by molar-refractivity contribution is 7.59. The fourth-order valence-electron chi connectivity index (χ4n) is 4.11. The summed E-state index contributed by atoms with van der Waals surface area (Å²) in [6.45, 7) is 3.59. The zero-order valence-corrected chi connectivity index (χ0v) is 19.3.